The molecule has 6 aromatic rings. The van der Waals surface area contributed by atoms with Crippen LogP contribution in [-0.4, -0.2) is 53.5 Å². The summed E-state index contributed by atoms with van der Waals surface area (Å²) in [5.74, 6) is -0.655. The molecule has 14 heteroatoms. The predicted octanol–water partition coefficient (Wildman–Crippen LogP) is 9.95. The van der Waals surface area contributed by atoms with Crippen LogP contribution < -0.4 is 9.47 Å². The molecule has 0 aliphatic heterocycles. The van der Waals surface area contributed by atoms with E-state index in [2.05, 4.69) is 0 Å². The molecule has 0 bridgehead atoms. The van der Waals surface area contributed by atoms with Crippen molar-refractivity contribution >= 4 is 20.2 Å². The maximum Gasteiger partial charge on any atom is 0.296 e. The Kier molecular flexibility index (Phi) is 19.0. The highest BCUT2D eigenvalue weighted by Gasteiger charge is 2.23. The molecule has 10 nitrogen and oxygen atoms in total. The molecule has 64 heavy (non-hydrogen) atoms. The summed E-state index contributed by atoms with van der Waals surface area (Å²) < 4.78 is 101. The first kappa shape index (κ1) is 49.5. The van der Waals surface area contributed by atoms with Gasteiger partial charge in [-0.25, -0.2) is 8.78 Å². The van der Waals surface area contributed by atoms with Crippen LogP contribution in [0.3, 0.4) is 0 Å². The Morgan fingerprint density at radius 2 is 0.844 bits per heavy atom. The Morgan fingerprint density at radius 1 is 0.484 bits per heavy atom. The van der Waals surface area contributed by atoms with Crippen molar-refractivity contribution < 1.29 is 53.7 Å². The number of halogens is 2. The van der Waals surface area contributed by atoms with Crippen LogP contribution in [0.15, 0.2) is 155 Å². The first-order valence-corrected chi connectivity index (χ1v) is 23.7. The fraction of sp³-hybridized carbons (Fsp3) is 0.280. The predicted molar refractivity (Wildman–Crippen MR) is 241 cm³/mol. The van der Waals surface area contributed by atoms with Crippen molar-refractivity contribution in [2.45, 2.75) is 74.4 Å². The number of aliphatic hydroxyl groups excluding tert-OH is 2. The number of hydrogen-bond acceptors (Lipinski definition) is 10. The Morgan fingerprint density at radius 3 is 1.20 bits per heavy atom. The summed E-state index contributed by atoms with van der Waals surface area (Å²) in [6.07, 6.45) is 1.36. The summed E-state index contributed by atoms with van der Waals surface area (Å²) in [5.41, 5.74) is 5.10. The van der Waals surface area contributed by atoms with Crippen molar-refractivity contribution in [3.05, 3.63) is 191 Å². The van der Waals surface area contributed by atoms with E-state index in [1.165, 1.54) is 48.5 Å². The number of rotatable bonds is 22. The summed E-state index contributed by atoms with van der Waals surface area (Å²) in [4.78, 5) is 0.0664. The molecular weight excluding hydrogens is 863 g/mol. The molecule has 6 rings (SSSR count). The number of hydrogen-bond donors (Lipinski definition) is 2. The molecule has 6 aromatic carbocycles. The normalized spacial score (nSPS) is 11.6. The Bertz CT molecular complexity index is 2470. The molecule has 0 unspecified atom stereocenters. The van der Waals surface area contributed by atoms with Gasteiger partial charge in [0.2, 0.25) is 0 Å². The second kappa shape index (κ2) is 24.5. The quantitative estimate of drug-likeness (QED) is 0.0632. The molecule has 2 N–H and O–H groups in total. The fourth-order valence-electron chi connectivity index (χ4n) is 6.78. The van der Waals surface area contributed by atoms with Crippen LogP contribution in [0.25, 0.3) is 0 Å². The molecule has 0 aliphatic carbocycles. The van der Waals surface area contributed by atoms with Gasteiger partial charge in [-0.05, 0) is 110 Å². The molecule has 0 aromatic heterocycles. The molecule has 0 amide bonds. The van der Waals surface area contributed by atoms with E-state index >= 15 is 0 Å². The van der Waals surface area contributed by atoms with Crippen molar-refractivity contribution in [3.63, 3.8) is 0 Å². The summed E-state index contributed by atoms with van der Waals surface area (Å²) in [6, 6.07) is 40.2. The van der Waals surface area contributed by atoms with Crippen molar-refractivity contribution in [1.29, 1.82) is 0 Å². The van der Waals surface area contributed by atoms with Gasteiger partial charge < -0.3 is 19.7 Å². The maximum absolute atomic E-state index is 14.3. The van der Waals surface area contributed by atoms with E-state index in [1.54, 1.807) is 36.4 Å². The number of ether oxygens (including phenoxy) is 2. The smallest absolute Gasteiger partial charge is 0.296 e. The van der Waals surface area contributed by atoms with Crippen LogP contribution in [-0.2, 0) is 41.8 Å². The lowest BCUT2D eigenvalue weighted by Gasteiger charge is -2.21. The summed E-state index contributed by atoms with van der Waals surface area (Å²) >= 11 is 0. The fourth-order valence-corrected chi connectivity index (χ4v) is 8.62. The highest BCUT2D eigenvalue weighted by Crippen LogP contribution is 2.35. The SMILES string of the molecule is Cc1ccc(S(=O)(=O)OCCC(CCOS(=O)(=O)c2ccc(C)cc2)c2ccc(F)cc2OCc2ccccc2)cc1.OCCC(CCO)c1ccc(F)cc1OCc1ccccc1. The van der Waals surface area contributed by atoms with E-state index in [4.69, 9.17) is 17.8 Å². The minimum atomic E-state index is -4.02. The minimum absolute atomic E-state index is 0.0141. The zero-order chi connectivity index (χ0) is 46.0. The lowest BCUT2D eigenvalue weighted by molar-refractivity contribution is 0.237. The van der Waals surface area contributed by atoms with E-state index in [0.717, 1.165) is 27.8 Å². The van der Waals surface area contributed by atoms with Crippen LogP contribution in [0.4, 0.5) is 8.78 Å². The summed E-state index contributed by atoms with van der Waals surface area (Å²) in [6.45, 7) is 3.87. The topological polar surface area (TPSA) is 146 Å². The van der Waals surface area contributed by atoms with Gasteiger partial charge in [-0.1, -0.05) is 108 Å². The van der Waals surface area contributed by atoms with Crippen LogP contribution in [0.5, 0.6) is 11.5 Å². The number of benzene rings is 6. The van der Waals surface area contributed by atoms with Gasteiger partial charge in [0.15, 0.2) is 0 Å². The largest absolute Gasteiger partial charge is 0.489 e. The lowest BCUT2D eigenvalue weighted by Crippen LogP contribution is -2.14. The summed E-state index contributed by atoms with van der Waals surface area (Å²) in [5, 5.41) is 18.4. The third-order valence-corrected chi connectivity index (χ3v) is 12.9. The molecule has 0 atom stereocenters. The first-order valence-electron chi connectivity index (χ1n) is 20.8. The zero-order valence-corrected chi connectivity index (χ0v) is 37.4. The average Bonchev–Trinajstić information content (AvgIpc) is 3.28. The second-order valence-electron chi connectivity index (χ2n) is 15.1. The first-order chi connectivity index (χ1) is 30.8. The Hall–Kier alpha value is -5.48. The van der Waals surface area contributed by atoms with E-state index in [-0.39, 0.29) is 73.2 Å². The molecule has 0 spiro atoms. The molecule has 0 aliphatic rings. The molecule has 0 heterocycles. The van der Waals surface area contributed by atoms with Crippen molar-refractivity contribution in [3.8, 4) is 11.5 Å². The van der Waals surface area contributed by atoms with Gasteiger partial charge in [0.1, 0.15) is 36.3 Å². The minimum Gasteiger partial charge on any atom is -0.489 e. The van der Waals surface area contributed by atoms with E-state index in [1.807, 2.05) is 74.5 Å². The Labute approximate surface area is 375 Å². The van der Waals surface area contributed by atoms with Crippen LogP contribution in [0.2, 0.25) is 0 Å². The van der Waals surface area contributed by atoms with Gasteiger partial charge in [0, 0.05) is 25.3 Å². The van der Waals surface area contributed by atoms with Crippen LogP contribution >= 0.6 is 0 Å². The third kappa shape index (κ3) is 15.4. The maximum atomic E-state index is 14.3. The number of aryl methyl sites for hydroxylation is 2. The van der Waals surface area contributed by atoms with E-state index in [0.29, 0.717) is 30.8 Å². The van der Waals surface area contributed by atoms with Crippen LogP contribution in [0.1, 0.15) is 70.9 Å². The van der Waals surface area contributed by atoms with Gasteiger partial charge >= 0.3 is 0 Å². The van der Waals surface area contributed by atoms with E-state index in [9.17, 15) is 35.8 Å². The highest BCUT2D eigenvalue weighted by atomic mass is 32.2. The summed E-state index contributed by atoms with van der Waals surface area (Å²) in [7, 11) is -8.04. The molecule has 340 valence electrons. The molecule has 0 saturated heterocycles. The van der Waals surface area contributed by atoms with Crippen molar-refractivity contribution in [2.24, 2.45) is 0 Å². The highest BCUT2D eigenvalue weighted by molar-refractivity contribution is 7.87. The monoisotopic (exact) mass is 916 g/mol. The molecule has 0 fully saturated rings. The standard InChI is InChI=1S/C32H33FO7S2.C18H21FO3/c1-24-8-13-29(14-9-24)41(34,35)39-20-18-27(19-21-40-42(36,37)30-15-10-25(2)11-16-30)31-17-12-28(33)22-32(31)38-23-26-6-4-3-5-7-26;19-16-6-7-17(15(8-10-20)9-11-21)18(12-16)22-13-14-4-2-1-3-5-14/h3-17,22,27H,18-21,23H2,1-2H3;1-7,12,15,20-21H,8-11,13H2. The lowest BCUT2D eigenvalue weighted by atomic mass is 9.92. The van der Waals surface area contributed by atoms with Gasteiger partial charge in [-0.15, -0.1) is 0 Å². The van der Waals surface area contributed by atoms with Gasteiger partial charge in [-0.3, -0.25) is 8.37 Å². The van der Waals surface area contributed by atoms with Crippen molar-refractivity contribution in [2.75, 3.05) is 26.4 Å². The van der Waals surface area contributed by atoms with Gasteiger partial charge in [-0.2, -0.15) is 16.8 Å². The second-order valence-corrected chi connectivity index (χ2v) is 18.3. The zero-order valence-electron chi connectivity index (χ0n) is 35.8. The molecule has 0 saturated carbocycles. The Balaban J connectivity index is 0.000000294. The van der Waals surface area contributed by atoms with E-state index < -0.39 is 32.0 Å². The van der Waals surface area contributed by atoms with Crippen LogP contribution in [0, 0.1) is 25.5 Å². The average molecular weight is 917 g/mol. The van der Waals surface area contributed by atoms with Gasteiger partial charge in [0.05, 0.1) is 23.0 Å². The molecule has 0 radical (unpaired) electrons. The third-order valence-electron chi connectivity index (χ3n) is 10.3. The van der Waals surface area contributed by atoms with Gasteiger partial charge in [0.25, 0.3) is 20.2 Å². The molecular formula is C50H54F2O10S2. The number of aliphatic hydroxyl groups is 2. The van der Waals surface area contributed by atoms with Crippen molar-refractivity contribution in [1.82, 2.24) is 0 Å².